The second kappa shape index (κ2) is 5.48. The number of nitrogens with zero attached hydrogens (tertiary/aromatic N) is 2. The number of benzene rings is 1. The van der Waals surface area contributed by atoms with Crippen molar-refractivity contribution in [1.82, 2.24) is 4.98 Å². The van der Waals surface area contributed by atoms with Crippen molar-refractivity contribution in [3.63, 3.8) is 0 Å². The first kappa shape index (κ1) is 13.7. The van der Waals surface area contributed by atoms with Crippen LogP contribution in [0.2, 0.25) is 0 Å². The van der Waals surface area contributed by atoms with Gasteiger partial charge in [0.2, 0.25) is 0 Å². The van der Waals surface area contributed by atoms with Crippen LogP contribution in [0.5, 0.6) is 0 Å². The van der Waals surface area contributed by atoms with E-state index in [2.05, 4.69) is 23.8 Å². The lowest BCUT2D eigenvalue weighted by atomic mass is 10.0. The fourth-order valence-electron chi connectivity index (χ4n) is 1.94. The first-order valence-corrected chi connectivity index (χ1v) is 6.84. The summed E-state index contributed by atoms with van der Waals surface area (Å²) in [6.45, 7) is 4.15. The lowest BCUT2D eigenvalue weighted by Gasteiger charge is -2.09. The molecule has 2 aromatic rings. The summed E-state index contributed by atoms with van der Waals surface area (Å²) in [5.41, 5.74) is 8.41. The van der Waals surface area contributed by atoms with Gasteiger partial charge in [-0.05, 0) is 30.2 Å². The molecular weight excluding hydrogens is 261 g/mol. The minimum absolute atomic E-state index is 0.262. The fourth-order valence-corrected chi connectivity index (χ4v) is 2.97. The third-order valence-electron chi connectivity index (χ3n) is 2.78. The van der Waals surface area contributed by atoms with Crippen LogP contribution in [0, 0.1) is 11.7 Å². The van der Waals surface area contributed by atoms with Crippen molar-refractivity contribution < 1.29 is 4.39 Å². The molecule has 0 saturated heterocycles. The van der Waals surface area contributed by atoms with Crippen LogP contribution in [0.1, 0.15) is 18.7 Å². The van der Waals surface area contributed by atoms with E-state index >= 15 is 0 Å². The van der Waals surface area contributed by atoms with E-state index in [1.807, 2.05) is 0 Å². The van der Waals surface area contributed by atoms with Crippen molar-refractivity contribution in [3.8, 4) is 11.3 Å². The fraction of sp³-hybridized carbons (Fsp3) is 0.286. The van der Waals surface area contributed by atoms with Crippen LogP contribution in [-0.4, -0.2) is 17.7 Å². The van der Waals surface area contributed by atoms with Crippen LogP contribution >= 0.6 is 11.3 Å². The Labute approximate surface area is 116 Å². The van der Waals surface area contributed by atoms with Crippen LogP contribution in [0.4, 0.5) is 9.52 Å². The summed E-state index contributed by atoms with van der Waals surface area (Å²) in [4.78, 5) is 9.65. The predicted octanol–water partition coefficient (Wildman–Crippen LogP) is 3.61. The molecule has 5 heteroatoms. The van der Waals surface area contributed by atoms with Gasteiger partial charge < -0.3 is 5.73 Å². The summed E-state index contributed by atoms with van der Waals surface area (Å²) in [5, 5.41) is 0.496. The Bertz CT molecular complexity index is 600. The summed E-state index contributed by atoms with van der Waals surface area (Å²) in [7, 11) is 1.76. The largest absolute Gasteiger partial charge is 0.375 e. The molecule has 19 heavy (non-hydrogen) atoms. The molecule has 0 amide bonds. The molecule has 0 unspecified atom stereocenters. The summed E-state index contributed by atoms with van der Waals surface area (Å²) in [5.74, 6) is 0.0193. The average Bonchev–Trinajstić information content (AvgIpc) is 2.72. The van der Waals surface area contributed by atoms with E-state index < -0.39 is 0 Å². The van der Waals surface area contributed by atoms with Crippen LogP contribution < -0.4 is 5.73 Å². The van der Waals surface area contributed by atoms with Gasteiger partial charge in [0, 0.05) is 12.6 Å². The molecule has 0 fully saturated rings. The van der Waals surface area contributed by atoms with Gasteiger partial charge in [-0.25, -0.2) is 9.37 Å². The van der Waals surface area contributed by atoms with Crippen molar-refractivity contribution in [3.05, 3.63) is 35.0 Å². The number of thiazole rings is 1. The van der Waals surface area contributed by atoms with Crippen LogP contribution in [0.3, 0.4) is 0 Å². The van der Waals surface area contributed by atoms with Crippen LogP contribution in [-0.2, 0) is 0 Å². The number of anilines is 1. The summed E-state index contributed by atoms with van der Waals surface area (Å²) < 4.78 is 13.0. The van der Waals surface area contributed by atoms with Gasteiger partial charge in [-0.3, -0.25) is 4.99 Å². The van der Waals surface area contributed by atoms with Gasteiger partial charge in [0.05, 0.1) is 16.3 Å². The third-order valence-corrected chi connectivity index (χ3v) is 3.69. The second-order valence-corrected chi connectivity index (χ2v) is 5.53. The Morgan fingerprint density at radius 2 is 1.95 bits per heavy atom. The van der Waals surface area contributed by atoms with Crippen LogP contribution in [0.15, 0.2) is 29.3 Å². The zero-order valence-electron chi connectivity index (χ0n) is 11.1. The normalized spacial score (nSPS) is 12.2. The van der Waals surface area contributed by atoms with Crippen molar-refractivity contribution in [2.75, 3.05) is 12.8 Å². The molecule has 0 radical (unpaired) electrons. The highest BCUT2D eigenvalue weighted by atomic mass is 32.1. The average molecular weight is 277 g/mol. The van der Waals surface area contributed by atoms with Gasteiger partial charge in [-0.1, -0.05) is 25.2 Å². The first-order chi connectivity index (χ1) is 9.02. The Morgan fingerprint density at radius 1 is 1.32 bits per heavy atom. The second-order valence-electron chi connectivity index (χ2n) is 4.50. The topological polar surface area (TPSA) is 51.3 Å². The standard InChI is InChI=1S/C14H16FN3S/c1-8(2)11(17-3)13-12(18-14(16)19-13)9-4-6-10(15)7-5-9/h4-8H,1-3H3,(H2,16,18). The molecule has 2 rings (SSSR count). The molecular formula is C14H16FN3S. The number of hydrogen-bond acceptors (Lipinski definition) is 4. The molecule has 2 N–H and O–H groups in total. The highest BCUT2D eigenvalue weighted by molar-refractivity contribution is 7.17. The SMILES string of the molecule is CN=C(c1sc(N)nc1-c1ccc(F)cc1)C(C)C. The number of hydrogen-bond donors (Lipinski definition) is 1. The first-order valence-electron chi connectivity index (χ1n) is 6.02. The van der Waals surface area contributed by atoms with E-state index in [-0.39, 0.29) is 11.7 Å². The van der Waals surface area contributed by atoms with Crippen molar-refractivity contribution in [2.24, 2.45) is 10.9 Å². The highest BCUT2D eigenvalue weighted by Gasteiger charge is 2.18. The quantitative estimate of drug-likeness (QED) is 0.871. The molecule has 0 bridgehead atoms. The summed E-state index contributed by atoms with van der Waals surface area (Å²) in [6.07, 6.45) is 0. The van der Waals surface area contributed by atoms with Gasteiger partial charge in [0.15, 0.2) is 5.13 Å². The Morgan fingerprint density at radius 3 is 2.47 bits per heavy atom. The van der Waals surface area contributed by atoms with E-state index in [4.69, 9.17) is 5.73 Å². The number of halogens is 1. The zero-order valence-corrected chi connectivity index (χ0v) is 12.0. The van der Waals surface area contributed by atoms with E-state index in [1.165, 1.54) is 23.5 Å². The smallest absolute Gasteiger partial charge is 0.181 e. The van der Waals surface area contributed by atoms with E-state index in [0.29, 0.717) is 5.13 Å². The summed E-state index contributed by atoms with van der Waals surface area (Å²) >= 11 is 1.42. The van der Waals surface area contributed by atoms with Gasteiger partial charge >= 0.3 is 0 Å². The van der Waals surface area contributed by atoms with Gasteiger partial charge in [-0.15, -0.1) is 0 Å². The Balaban J connectivity index is 2.55. The van der Waals surface area contributed by atoms with Gasteiger partial charge in [0.1, 0.15) is 5.82 Å². The molecule has 3 nitrogen and oxygen atoms in total. The molecule has 0 aliphatic rings. The van der Waals surface area contributed by atoms with Crippen molar-refractivity contribution >= 4 is 22.2 Å². The van der Waals surface area contributed by atoms with Gasteiger partial charge in [-0.2, -0.15) is 0 Å². The zero-order chi connectivity index (χ0) is 14.0. The van der Waals surface area contributed by atoms with E-state index in [0.717, 1.165) is 21.8 Å². The molecule has 0 aliphatic heterocycles. The maximum atomic E-state index is 13.0. The molecule has 1 aromatic carbocycles. The Hall–Kier alpha value is -1.75. The molecule has 100 valence electrons. The maximum Gasteiger partial charge on any atom is 0.181 e. The monoisotopic (exact) mass is 277 g/mol. The van der Waals surface area contributed by atoms with E-state index in [1.54, 1.807) is 19.2 Å². The van der Waals surface area contributed by atoms with E-state index in [9.17, 15) is 4.39 Å². The molecule has 0 spiro atoms. The number of aromatic nitrogens is 1. The lowest BCUT2D eigenvalue weighted by molar-refractivity contribution is 0.628. The highest BCUT2D eigenvalue weighted by Crippen LogP contribution is 2.32. The Kier molecular flexibility index (Phi) is 3.95. The minimum atomic E-state index is -0.262. The minimum Gasteiger partial charge on any atom is -0.375 e. The number of nitrogens with two attached hydrogens (primary N) is 1. The third kappa shape index (κ3) is 2.81. The summed E-state index contributed by atoms with van der Waals surface area (Å²) in [6, 6.07) is 6.27. The predicted molar refractivity (Wildman–Crippen MR) is 79.2 cm³/mol. The van der Waals surface area contributed by atoms with Crippen molar-refractivity contribution in [2.45, 2.75) is 13.8 Å². The molecule has 0 atom stereocenters. The molecule has 1 heterocycles. The van der Waals surface area contributed by atoms with Crippen LogP contribution in [0.25, 0.3) is 11.3 Å². The maximum absolute atomic E-state index is 13.0. The van der Waals surface area contributed by atoms with Gasteiger partial charge in [0.25, 0.3) is 0 Å². The molecule has 0 aliphatic carbocycles. The molecule has 0 saturated carbocycles. The molecule has 1 aromatic heterocycles. The number of nitrogen functional groups attached to an aromatic ring is 1. The number of rotatable bonds is 3. The lowest BCUT2D eigenvalue weighted by Crippen LogP contribution is -2.08. The van der Waals surface area contributed by atoms with Crippen molar-refractivity contribution in [1.29, 1.82) is 0 Å². The number of aliphatic imine (C=N–C) groups is 1.